The van der Waals surface area contributed by atoms with Crippen LogP contribution in [-0.4, -0.2) is 40.5 Å². The number of rotatable bonds is 8. The number of methoxy groups -OCH3 is 1. The molecule has 3 atom stereocenters. The van der Waals surface area contributed by atoms with E-state index in [2.05, 4.69) is 17.4 Å². The summed E-state index contributed by atoms with van der Waals surface area (Å²) in [6, 6.07) is 21.1. The molecule has 1 fully saturated rings. The summed E-state index contributed by atoms with van der Waals surface area (Å²) in [5.74, 6) is -0.315. The van der Waals surface area contributed by atoms with Gasteiger partial charge in [0.2, 0.25) is 5.88 Å². The van der Waals surface area contributed by atoms with E-state index in [-0.39, 0.29) is 12.2 Å². The molecule has 0 bridgehead atoms. The normalized spacial score (nSPS) is 21.9. The summed E-state index contributed by atoms with van der Waals surface area (Å²) < 4.78 is 20.9. The maximum absolute atomic E-state index is 15.0. The van der Waals surface area contributed by atoms with Crippen LogP contribution >= 0.6 is 36.0 Å². The summed E-state index contributed by atoms with van der Waals surface area (Å²) in [6.45, 7) is 2.51. The number of piperidine rings is 1. The molecule has 1 aromatic heterocycles. The summed E-state index contributed by atoms with van der Waals surface area (Å²) in [6.07, 6.45) is 3.84. The Morgan fingerprint density at radius 2 is 2.00 bits per heavy atom. The van der Waals surface area contributed by atoms with Crippen LogP contribution in [0.2, 0.25) is 5.02 Å². The largest absolute Gasteiger partial charge is 0.481 e. The van der Waals surface area contributed by atoms with Gasteiger partial charge in [-0.2, -0.15) is 12.6 Å². The van der Waals surface area contributed by atoms with Gasteiger partial charge < -0.3 is 15.2 Å². The predicted octanol–water partition coefficient (Wildman–Crippen LogP) is 7.44. The number of nitrogens with zero attached hydrogens (tertiary/aromatic N) is 1. The van der Waals surface area contributed by atoms with Gasteiger partial charge in [0, 0.05) is 39.6 Å². The first kappa shape index (κ1) is 29.2. The molecule has 8 heteroatoms. The first-order valence-electron chi connectivity index (χ1n) is 13.4. The topological polar surface area (TPSA) is 54.4 Å². The molecule has 4 aromatic rings. The first-order chi connectivity index (χ1) is 19.2. The standard InChI is InChI=1S/C32H34ClFN2O2S2/c1-4-20-8-9-22(27(34)14-20)18-32(39)19-31(37,12-13-35-32)29(21-6-5-7-24(33)15-21)26-17-23-16-25(40-3)10-11-28(23)36-30(26)38-2/h5-11,14-17,29,35,37,39H,4,12-13,18-19H2,1-3H3. The number of nitrogens with one attached hydrogen (secondary N) is 1. The molecular weight excluding hydrogens is 563 g/mol. The van der Waals surface area contributed by atoms with Crippen molar-refractivity contribution in [2.24, 2.45) is 0 Å². The SMILES string of the molecule is CCc1ccc(CC2(S)CC(O)(C(c3cccc(Cl)c3)c3cc4cc(SC)ccc4nc3OC)CCN2)c(F)c1. The molecule has 1 aliphatic heterocycles. The molecule has 40 heavy (non-hydrogen) atoms. The molecule has 0 aliphatic carbocycles. The van der Waals surface area contributed by atoms with Gasteiger partial charge in [-0.25, -0.2) is 9.37 Å². The molecule has 0 amide bonds. The zero-order valence-corrected chi connectivity index (χ0v) is 25.3. The number of fused-ring (bicyclic) bond motifs is 1. The van der Waals surface area contributed by atoms with Crippen molar-refractivity contribution in [2.45, 2.75) is 53.9 Å². The van der Waals surface area contributed by atoms with Crippen LogP contribution in [0.3, 0.4) is 0 Å². The van der Waals surface area contributed by atoms with E-state index < -0.39 is 16.4 Å². The molecule has 2 N–H and O–H groups in total. The van der Waals surface area contributed by atoms with Crippen molar-refractivity contribution in [1.29, 1.82) is 0 Å². The maximum Gasteiger partial charge on any atom is 0.217 e. The van der Waals surface area contributed by atoms with Crippen LogP contribution in [0.4, 0.5) is 4.39 Å². The minimum Gasteiger partial charge on any atom is -0.481 e. The molecule has 3 unspecified atom stereocenters. The van der Waals surface area contributed by atoms with Gasteiger partial charge in [0.05, 0.1) is 23.1 Å². The molecule has 210 valence electrons. The lowest BCUT2D eigenvalue weighted by molar-refractivity contribution is -0.0244. The molecule has 5 rings (SSSR count). The first-order valence-corrected chi connectivity index (χ1v) is 15.5. The van der Waals surface area contributed by atoms with Crippen molar-refractivity contribution in [1.82, 2.24) is 10.3 Å². The number of hydrogen-bond acceptors (Lipinski definition) is 6. The average Bonchev–Trinajstić information content (AvgIpc) is 2.93. The summed E-state index contributed by atoms with van der Waals surface area (Å²) in [7, 11) is 1.60. The number of thiol groups is 1. The predicted molar refractivity (Wildman–Crippen MR) is 167 cm³/mol. The minimum atomic E-state index is -1.25. The highest BCUT2D eigenvalue weighted by Crippen LogP contribution is 2.48. The Labute approximate surface area is 250 Å². The van der Waals surface area contributed by atoms with E-state index in [9.17, 15) is 5.11 Å². The Morgan fingerprint density at radius 3 is 2.70 bits per heavy atom. The number of aliphatic hydroxyl groups is 1. The molecule has 1 aliphatic rings. The fourth-order valence-electron chi connectivity index (χ4n) is 5.93. The van der Waals surface area contributed by atoms with E-state index in [0.29, 0.717) is 35.9 Å². The molecule has 0 spiro atoms. The molecule has 1 saturated heterocycles. The Kier molecular flexibility index (Phi) is 8.69. The van der Waals surface area contributed by atoms with Gasteiger partial charge in [0.1, 0.15) is 5.82 Å². The van der Waals surface area contributed by atoms with Gasteiger partial charge in [-0.15, -0.1) is 11.8 Å². The second-order valence-electron chi connectivity index (χ2n) is 10.6. The lowest BCUT2D eigenvalue weighted by atomic mass is 9.70. The smallest absolute Gasteiger partial charge is 0.217 e. The van der Waals surface area contributed by atoms with Crippen molar-refractivity contribution in [3.8, 4) is 5.88 Å². The van der Waals surface area contributed by atoms with Crippen LogP contribution in [0.1, 0.15) is 47.9 Å². The number of benzene rings is 3. The number of thioether (sulfide) groups is 1. The van der Waals surface area contributed by atoms with Gasteiger partial charge in [-0.1, -0.05) is 42.8 Å². The van der Waals surface area contributed by atoms with Gasteiger partial charge in [0.25, 0.3) is 0 Å². The second-order valence-corrected chi connectivity index (χ2v) is 12.8. The van der Waals surface area contributed by atoms with Gasteiger partial charge in [-0.3, -0.25) is 0 Å². The van der Waals surface area contributed by atoms with Crippen LogP contribution in [0.15, 0.2) is 71.6 Å². The van der Waals surface area contributed by atoms with E-state index in [1.54, 1.807) is 24.9 Å². The lowest BCUT2D eigenvalue weighted by Gasteiger charge is -2.48. The quantitative estimate of drug-likeness (QED) is 0.146. The number of aryl methyl sites for hydroxylation is 1. The molecule has 4 nitrogen and oxygen atoms in total. The summed E-state index contributed by atoms with van der Waals surface area (Å²) in [4.78, 5) is 5.11. The minimum absolute atomic E-state index is 0.250. The molecular formula is C32H34ClFN2O2S2. The third kappa shape index (κ3) is 6.00. The van der Waals surface area contributed by atoms with Crippen LogP contribution < -0.4 is 10.1 Å². The zero-order chi connectivity index (χ0) is 28.5. The van der Waals surface area contributed by atoms with E-state index in [4.69, 9.17) is 34.0 Å². The molecule has 0 saturated carbocycles. The average molecular weight is 597 g/mol. The fraction of sp³-hybridized carbons (Fsp3) is 0.344. The second kappa shape index (κ2) is 11.9. The van der Waals surface area contributed by atoms with E-state index in [1.165, 1.54) is 0 Å². The van der Waals surface area contributed by atoms with Gasteiger partial charge in [0.15, 0.2) is 0 Å². The Morgan fingerprint density at radius 1 is 1.18 bits per heavy atom. The van der Waals surface area contributed by atoms with Crippen molar-refractivity contribution in [2.75, 3.05) is 19.9 Å². The Bertz CT molecular complexity index is 1540. The molecule has 3 aromatic carbocycles. The fourth-order valence-corrected chi connectivity index (χ4v) is 7.13. The highest BCUT2D eigenvalue weighted by molar-refractivity contribution is 7.98. The monoisotopic (exact) mass is 596 g/mol. The number of pyridine rings is 1. The van der Waals surface area contributed by atoms with Crippen molar-refractivity contribution >= 4 is 46.9 Å². The highest BCUT2D eigenvalue weighted by Gasteiger charge is 2.48. The van der Waals surface area contributed by atoms with Crippen LogP contribution in [0.5, 0.6) is 5.88 Å². The molecule has 2 heterocycles. The van der Waals surface area contributed by atoms with E-state index in [1.807, 2.05) is 61.7 Å². The van der Waals surface area contributed by atoms with E-state index >= 15 is 4.39 Å². The molecule has 0 radical (unpaired) electrons. The number of aromatic nitrogens is 1. The van der Waals surface area contributed by atoms with Crippen LogP contribution in [-0.2, 0) is 12.8 Å². The van der Waals surface area contributed by atoms with E-state index in [0.717, 1.165) is 38.9 Å². The van der Waals surface area contributed by atoms with Crippen molar-refractivity contribution in [3.63, 3.8) is 0 Å². The van der Waals surface area contributed by atoms with Gasteiger partial charge in [-0.05, 0) is 84.8 Å². The van der Waals surface area contributed by atoms with Gasteiger partial charge >= 0.3 is 0 Å². The van der Waals surface area contributed by atoms with Crippen molar-refractivity contribution in [3.05, 3.63) is 99.8 Å². The third-order valence-electron chi connectivity index (χ3n) is 7.86. The van der Waals surface area contributed by atoms with Crippen LogP contribution in [0, 0.1) is 5.82 Å². The highest BCUT2D eigenvalue weighted by atomic mass is 35.5. The summed E-state index contributed by atoms with van der Waals surface area (Å²) in [5, 5.41) is 17.6. The van der Waals surface area contributed by atoms with Crippen molar-refractivity contribution < 1.29 is 14.2 Å². The number of ether oxygens (including phenoxy) is 1. The Hall–Kier alpha value is -2.29. The number of halogens is 2. The zero-order valence-electron chi connectivity index (χ0n) is 22.9. The summed E-state index contributed by atoms with van der Waals surface area (Å²) >= 11 is 13.2. The lowest BCUT2D eigenvalue weighted by Crippen LogP contribution is -2.57. The Balaban J connectivity index is 1.61. The van der Waals surface area contributed by atoms with Crippen LogP contribution in [0.25, 0.3) is 10.9 Å². The third-order valence-corrected chi connectivity index (χ3v) is 9.29. The summed E-state index contributed by atoms with van der Waals surface area (Å²) in [5.41, 5.74) is 2.70. The number of hydrogen-bond donors (Lipinski definition) is 3. The maximum atomic E-state index is 15.0.